The number of hydrogen-bond donors (Lipinski definition) is 1. The zero-order chi connectivity index (χ0) is 12.2. The molecule has 1 aliphatic heterocycles. The van der Waals surface area contributed by atoms with Crippen LogP contribution in [0.5, 0.6) is 0 Å². The number of hydrogen-bond acceptors (Lipinski definition) is 4. The van der Waals surface area contributed by atoms with E-state index in [1.807, 2.05) is 0 Å². The number of rotatable bonds is 5. The Bertz CT molecular complexity index is 204. The molecule has 96 valence electrons. The number of methoxy groups -OCH3 is 2. The zero-order valence-corrected chi connectivity index (χ0v) is 11.1. The minimum absolute atomic E-state index is 0.0225. The van der Waals surface area contributed by atoms with E-state index in [2.05, 4.69) is 26.1 Å². The second-order valence-corrected chi connectivity index (χ2v) is 5.09. The van der Waals surface area contributed by atoms with Gasteiger partial charge in [-0.1, -0.05) is 0 Å². The van der Waals surface area contributed by atoms with Gasteiger partial charge in [0.2, 0.25) is 0 Å². The van der Waals surface area contributed by atoms with Gasteiger partial charge in [0.1, 0.15) is 0 Å². The van der Waals surface area contributed by atoms with Gasteiger partial charge in [-0.15, -0.1) is 0 Å². The van der Waals surface area contributed by atoms with Crippen molar-refractivity contribution in [3.05, 3.63) is 0 Å². The molecule has 0 aliphatic carbocycles. The zero-order valence-electron chi connectivity index (χ0n) is 11.1. The van der Waals surface area contributed by atoms with Gasteiger partial charge in [0, 0.05) is 26.9 Å². The van der Waals surface area contributed by atoms with E-state index in [9.17, 15) is 0 Å². The molecule has 1 fully saturated rings. The molecule has 0 radical (unpaired) electrons. The predicted octanol–water partition coefficient (Wildman–Crippen LogP) is 1.54. The first kappa shape index (κ1) is 13.9. The van der Waals surface area contributed by atoms with Crippen molar-refractivity contribution >= 4 is 0 Å². The summed E-state index contributed by atoms with van der Waals surface area (Å²) in [5.74, 6) is 0. The SMILES string of the molecule is COC(OC)C(C)NC1CCOC(C)(C)C1. The molecule has 0 aromatic rings. The molecular formula is C12H25NO3. The average Bonchev–Trinajstić information content (AvgIpc) is 2.17. The highest BCUT2D eigenvalue weighted by Gasteiger charge is 2.30. The fraction of sp³-hybridized carbons (Fsp3) is 1.00. The summed E-state index contributed by atoms with van der Waals surface area (Å²) < 4.78 is 16.2. The lowest BCUT2D eigenvalue weighted by atomic mass is 9.93. The van der Waals surface area contributed by atoms with Crippen LogP contribution in [0.1, 0.15) is 33.6 Å². The molecule has 4 heteroatoms. The highest BCUT2D eigenvalue weighted by Crippen LogP contribution is 2.24. The lowest BCUT2D eigenvalue weighted by Crippen LogP contribution is -2.50. The number of ether oxygens (including phenoxy) is 3. The van der Waals surface area contributed by atoms with Gasteiger partial charge >= 0.3 is 0 Å². The monoisotopic (exact) mass is 231 g/mol. The van der Waals surface area contributed by atoms with Gasteiger partial charge in [0.15, 0.2) is 6.29 Å². The van der Waals surface area contributed by atoms with Gasteiger partial charge in [0.25, 0.3) is 0 Å². The Labute approximate surface area is 98.6 Å². The molecule has 0 spiro atoms. The molecule has 16 heavy (non-hydrogen) atoms. The second kappa shape index (κ2) is 5.96. The molecule has 2 unspecified atom stereocenters. The standard InChI is InChI=1S/C12H25NO3/c1-9(11(14-4)15-5)13-10-6-7-16-12(2,3)8-10/h9-11,13H,6-8H2,1-5H3. The average molecular weight is 231 g/mol. The fourth-order valence-corrected chi connectivity index (χ4v) is 2.33. The normalized spacial score (nSPS) is 27.0. The van der Waals surface area contributed by atoms with Gasteiger partial charge in [0.05, 0.1) is 11.6 Å². The van der Waals surface area contributed by atoms with Crippen molar-refractivity contribution < 1.29 is 14.2 Å². The van der Waals surface area contributed by atoms with Crippen LogP contribution < -0.4 is 5.32 Å². The summed E-state index contributed by atoms with van der Waals surface area (Å²) in [4.78, 5) is 0. The Morgan fingerprint density at radius 2 is 1.94 bits per heavy atom. The summed E-state index contributed by atoms with van der Waals surface area (Å²) in [5.41, 5.74) is -0.0225. The van der Waals surface area contributed by atoms with Crippen LogP contribution >= 0.6 is 0 Å². The first-order valence-electron chi connectivity index (χ1n) is 5.94. The molecule has 0 saturated carbocycles. The van der Waals surface area contributed by atoms with Crippen molar-refractivity contribution in [2.24, 2.45) is 0 Å². The Hall–Kier alpha value is -0.160. The molecule has 0 amide bonds. The second-order valence-electron chi connectivity index (χ2n) is 5.09. The maximum Gasteiger partial charge on any atom is 0.171 e. The van der Waals surface area contributed by atoms with E-state index >= 15 is 0 Å². The van der Waals surface area contributed by atoms with E-state index < -0.39 is 0 Å². The summed E-state index contributed by atoms with van der Waals surface area (Å²) in [5, 5.41) is 3.55. The molecule has 4 nitrogen and oxygen atoms in total. The van der Waals surface area contributed by atoms with Crippen LogP contribution in [-0.4, -0.2) is 44.8 Å². The van der Waals surface area contributed by atoms with E-state index in [1.165, 1.54) is 0 Å². The van der Waals surface area contributed by atoms with Crippen LogP contribution in [0, 0.1) is 0 Å². The van der Waals surface area contributed by atoms with E-state index in [0.717, 1.165) is 19.4 Å². The third kappa shape index (κ3) is 4.01. The third-order valence-corrected chi connectivity index (χ3v) is 3.07. The van der Waals surface area contributed by atoms with E-state index in [4.69, 9.17) is 14.2 Å². The Morgan fingerprint density at radius 1 is 1.31 bits per heavy atom. The quantitative estimate of drug-likeness (QED) is 0.729. The van der Waals surface area contributed by atoms with Gasteiger partial charge in [-0.05, 0) is 33.6 Å². The minimum atomic E-state index is -0.189. The lowest BCUT2D eigenvalue weighted by Gasteiger charge is -2.38. The minimum Gasteiger partial charge on any atom is -0.375 e. The molecule has 0 aromatic heterocycles. The summed E-state index contributed by atoms with van der Waals surface area (Å²) in [6.45, 7) is 7.17. The smallest absolute Gasteiger partial charge is 0.171 e. The van der Waals surface area contributed by atoms with Gasteiger partial charge in [-0.25, -0.2) is 0 Å². The molecule has 0 aromatic carbocycles. The maximum atomic E-state index is 5.69. The lowest BCUT2D eigenvalue weighted by molar-refractivity contribution is -0.126. The summed E-state index contributed by atoms with van der Waals surface area (Å²) >= 11 is 0. The van der Waals surface area contributed by atoms with Gasteiger partial charge in [-0.2, -0.15) is 0 Å². The molecule has 2 atom stereocenters. The van der Waals surface area contributed by atoms with Crippen molar-refractivity contribution in [1.82, 2.24) is 5.32 Å². The van der Waals surface area contributed by atoms with E-state index in [1.54, 1.807) is 14.2 Å². The Morgan fingerprint density at radius 3 is 2.44 bits per heavy atom. The Balaban J connectivity index is 2.41. The van der Waals surface area contributed by atoms with Crippen LogP contribution in [0.15, 0.2) is 0 Å². The first-order valence-corrected chi connectivity index (χ1v) is 5.94. The molecule has 1 N–H and O–H groups in total. The third-order valence-electron chi connectivity index (χ3n) is 3.07. The largest absolute Gasteiger partial charge is 0.375 e. The molecule has 0 bridgehead atoms. The number of nitrogens with one attached hydrogen (secondary N) is 1. The molecule has 1 aliphatic rings. The summed E-state index contributed by atoms with van der Waals surface area (Å²) in [7, 11) is 3.33. The van der Waals surface area contributed by atoms with Gasteiger partial charge < -0.3 is 19.5 Å². The summed E-state index contributed by atoms with van der Waals surface area (Å²) in [6, 6.07) is 0.667. The summed E-state index contributed by atoms with van der Waals surface area (Å²) in [6.07, 6.45) is 1.89. The van der Waals surface area contributed by atoms with E-state index in [0.29, 0.717) is 6.04 Å². The Kier molecular flexibility index (Phi) is 5.18. The van der Waals surface area contributed by atoms with Crippen molar-refractivity contribution in [1.29, 1.82) is 0 Å². The topological polar surface area (TPSA) is 39.7 Å². The van der Waals surface area contributed by atoms with Crippen molar-refractivity contribution in [3.63, 3.8) is 0 Å². The van der Waals surface area contributed by atoms with Crippen LogP contribution in [0.3, 0.4) is 0 Å². The highest BCUT2D eigenvalue weighted by atomic mass is 16.7. The van der Waals surface area contributed by atoms with Gasteiger partial charge in [-0.3, -0.25) is 0 Å². The van der Waals surface area contributed by atoms with Crippen molar-refractivity contribution in [2.75, 3.05) is 20.8 Å². The van der Waals surface area contributed by atoms with E-state index in [-0.39, 0.29) is 17.9 Å². The van der Waals surface area contributed by atoms with Crippen LogP contribution in [0.2, 0.25) is 0 Å². The fourth-order valence-electron chi connectivity index (χ4n) is 2.33. The molecule has 1 saturated heterocycles. The molecular weight excluding hydrogens is 206 g/mol. The predicted molar refractivity (Wildman–Crippen MR) is 63.5 cm³/mol. The molecule has 1 rings (SSSR count). The van der Waals surface area contributed by atoms with Crippen LogP contribution in [0.4, 0.5) is 0 Å². The molecule has 1 heterocycles. The van der Waals surface area contributed by atoms with Crippen molar-refractivity contribution in [2.45, 2.75) is 57.6 Å². The maximum absolute atomic E-state index is 5.69. The van der Waals surface area contributed by atoms with Crippen LogP contribution in [0.25, 0.3) is 0 Å². The van der Waals surface area contributed by atoms with Crippen LogP contribution in [-0.2, 0) is 14.2 Å². The highest BCUT2D eigenvalue weighted by molar-refractivity contribution is 4.85. The van der Waals surface area contributed by atoms with Crippen molar-refractivity contribution in [3.8, 4) is 0 Å². The first-order chi connectivity index (χ1) is 7.48.